The highest BCUT2D eigenvalue weighted by atomic mass is 32.2. The molecule has 0 spiro atoms. The van der Waals surface area contributed by atoms with Gasteiger partial charge in [-0.15, -0.1) is 0 Å². The van der Waals surface area contributed by atoms with Gasteiger partial charge in [0, 0.05) is 0 Å². The molecule has 1 aromatic carbocycles. The third-order valence-corrected chi connectivity index (χ3v) is 5.01. The van der Waals surface area contributed by atoms with Gasteiger partial charge < -0.3 is 5.73 Å². The van der Waals surface area contributed by atoms with Crippen molar-refractivity contribution >= 4 is 15.7 Å². The molecular weight excluding hydrogens is 262 g/mol. The molecule has 1 rings (SSSR count). The third kappa shape index (κ3) is 4.67. The largest absolute Gasteiger partial charge is 0.368 e. The van der Waals surface area contributed by atoms with Crippen LogP contribution in [-0.4, -0.2) is 20.1 Å². The van der Waals surface area contributed by atoms with Gasteiger partial charge in [-0.25, -0.2) is 8.42 Å². The lowest BCUT2D eigenvalue weighted by molar-refractivity contribution is -0.117. The van der Waals surface area contributed by atoms with Crippen LogP contribution in [0.1, 0.15) is 37.5 Å². The molecule has 1 amide bonds. The van der Waals surface area contributed by atoms with Crippen LogP contribution in [0.5, 0.6) is 0 Å². The number of amides is 1. The van der Waals surface area contributed by atoms with E-state index in [2.05, 4.69) is 0 Å². The lowest BCUT2D eigenvalue weighted by atomic mass is 10.1. The molecule has 1 atom stereocenters. The molecule has 0 aliphatic rings. The highest BCUT2D eigenvalue weighted by Gasteiger charge is 2.31. The number of hydrogen-bond donors (Lipinski definition) is 1. The molecule has 0 aliphatic carbocycles. The lowest BCUT2D eigenvalue weighted by Gasteiger charge is -2.15. The van der Waals surface area contributed by atoms with Gasteiger partial charge in [-0.2, -0.15) is 0 Å². The normalized spacial score (nSPS) is 13.4. The zero-order valence-corrected chi connectivity index (χ0v) is 12.2. The Morgan fingerprint density at radius 2 is 1.79 bits per heavy atom. The SMILES string of the molecule is CC(C)CCCS(=O)(=O)[C@H](C(N)=O)c1ccccc1. The van der Waals surface area contributed by atoms with E-state index in [0.717, 1.165) is 6.42 Å². The van der Waals surface area contributed by atoms with Crippen molar-refractivity contribution in [1.82, 2.24) is 0 Å². The van der Waals surface area contributed by atoms with E-state index < -0.39 is 21.0 Å². The standard InChI is InChI=1S/C14H21NO3S/c1-11(2)7-6-10-19(17,18)13(14(15)16)12-8-4-3-5-9-12/h3-5,8-9,11,13H,6-7,10H2,1-2H3,(H2,15,16)/t13-/m0/s1. The Labute approximate surface area is 114 Å². The highest BCUT2D eigenvalue weighted by Crippen LogP contribution is 2.24. The molecule has 0 saturated carbocycles. The monoisotopic (exact) mass is 283 g/mol. The van der Waals surface area contributed by atoms with Crippen LogP contribution in [0.4, 0.5) is 0 Å². The first kappa shape index (κ1) is 15.7. The van der Waals surface area contributed by atoms with Crippen LogP contribution in [0.3, 0.4) is 0 Å². The van der Waals surface area contributed by atoms with Crippen LogP contribution in [0, 0.1) is 5.92 Å². The summed E-state index contributed by atoms with van der Waals surface area (Å²) >= 11 is 0. The zero-order chi connectivity index (χ0) is 14.5. The maximum Gasteiger partial charge on any atom is 0.240 e. The second-order valence-electron chi connectivity index (χ2n) is 5.10. The fraction of sp³-hybridized carbons (Fsp3) is 0.500. The van der Waals surface area contributed by atoms with E-state index in [4.69, 9.17) is 5.73 Å². The first-order valence-electron chi connectivity index (χ1n) is 6.40. The Bertz CT molecular complexity index is 509. The summed E-state index contributed by atoms with van der Waals surface area (Å²) < 4.78 is 24.5. The first-order valence-corrected chi connectivity index (χ1v) is 8.12. The first-order chi connectivity index (χ1) is 8.84. The molecule has 19 heavy (non-hydrogen) atoms. The Hall–Kier alpha value is -1.36. The Balaban J connectivity index is 2.90. The quantitative estimate of drug-likeness (QED) is 0.832. The minimum atomic E-state index is -3.54. The molecule has 0 heterocycles. The zero-order valence-electron chi connectivity index (χ0n) is 11.4. The number of primary amides is 1. The predicted molar refractivity (Wildman–Crippen MR) is 76.2 cm³/mol. The van der Waals surface area contributed by atoms with Gasteiger partial charge in [0.05, 0.1) is 5.75 Å². The number of rotatable bonds is 7. The molecule has 0 aliphatic heterocycles. The minimum absolute atomic E-state index is 0.00627. The number of carbonyl (C=O) groups excluding carboxylic acids is 1. The Morgan fingerprint density at radius 3 is 2.26 bits per heavy atom. The summed E-state index contributed by atoms with van der Waals surface area (Å²) in [5.41, 5.74) is 5.71. The van der Waals surface area contributed by atoms with E-state index in [-0.39, 0.29) is 5.75 Å². The van der Waals surface area contributed by atoms with Crippen molar-refractivity contribution in [1.29, 1.82) is 0 Å². The molecule has 0 radical (unpaired) electrons. The molecule has 0 saturated heterocycles. The van der Waals surface area contributed by atoms with Crippen LogP contribution in [0.15, 0.2) is 30.3 Å². The summed E-state index contributed by atoms with van der Waals surface area (Å²) in [7, 11) is -3.54. The topological polar surface area (TPSA) is 77.2 Å². The summed E-state index contributed by atoms with van der Waals surface area (Å²) in [6.07, 6.45) is 1.37. The van der Waals surface area contributed by atoms with Crippen LogP contribution < -0.4 is 5.73 Å². The number of nitrogens with two attached hydrogens (primary N) is 1. The van der Waals surface area contributed by atoms with Gasteiger partial charge in [0.15, 0.2) is 15.1 Å². The van der Waals surface area contributed by atoms with E-state index in [1.54, 1.807) is 30.3 Å². The van der Waals surface area contributed by atoms with E-state index in [1.165, 1.54) is 0 Å². The maximum atomic E-state index is 12.3. The number of sulfone groups is 1. The Morgan fingerprint density at radius 1 is 1.21 bits per heavy atom. The minimum Gasteiger partial charge on any atom is -0.368 e. The second kappa shape index (κ2) is 6.70. The van der Waals surface area contributed by atoms with E-state index in [9.17, 15) is 13.2 Å². The van der Waals surface area contributed by atoms with Gasteiger partial charge in [0.1, 0.15) is 0 Å². The molecule has 106 valence electrons. The van der Waals surface area contributed by atoms with Crippen LogP contribution in [-0.2, 0) is 14.6 Å². The van der Waals surface area contributed by atoms with Gasteiger partial charge >= 0.3 is 0 Å². The van der Waals surface area contributed by atoms with Crippen molar-refractivity contribution in [3.8, 4) is 0 Å². The molecule has 0 fully saturated rings. The summed E-state index contributed by atoms with van der Waals surface area (Å²) in [5.74, 6) is -0.372. The smallest absolute Gasteiger partial charge is 0.240 e. The van der Waals surface area contributed by atoms with Crippen LogP contribution in [0.25, 0.3) is 0 Å². The van der Waals surface area contributed by atoms with Crippen molar-refractivity contribution in [3.05, 3.63) is 35.9 Å². The van der Waals surface area contributed by atoms with Crippen molar-refractivity contribution < 1.29 is 13.2 Å². The van der Waals surface area contributed by atoms with Gasteiger partial charge in [-0.3, -0.25) is 4.79 Å². The van der Waals surface area contributed by atoms with Crippen molar-refractivity contribution in [3.63, 3.8) is 0 Å². The fourth-order valence-corrected chi connectivity index (χ4v) is 3.72. The van der Waals surface area contributed by atoms with E-state index >= 15 is 0 Å². The van der Waals surface area contributed by atoms with Crippen molar-refractivity contribution in [2.45, 2.75) is 31.9 Å². The molecule has 1 aromatic rings. The molecular formula is C14H21NO3S. The molecule has 0 unspecified atom stereocenters. The van der Waals surface area contributed by atoms with E-state index in [0.29, 0.717) is 17.9 Å². The summed E-state index contributed by atoms with van der Waals surface area (Å²) in [5, 5.41) is -1.24. The summed E-state index contributed by atoms with van der Waals surface area (Å²) in [4.78, 5) is 11.5. The van der Waals surface area contributed by atoms with Crippen molar-refractivity contribution in [2.75, 3.05) is 5.75 Å². The number of carbonyl (C=O) groups is 1. The van der Waals surface area contributed by atoms with E-state index in [1.807, 2.05) is 13.8 Å². The predicted octanol–water partition coefficient (Wildman–Crippen LogP) is 2.06. The van der Waals surface area contributed by atoms with Crippen LogP contribution >= 0.6 is 0 Å². The maximum absolute atomic E-state index is 12.3. The van der Waals surface area contributed by atoms with Gasteiger partial charge in [-0.05, 0) is 17.9 Å². The molecule has 4 nitrogen and oxygen atoms in total. The number of hydrogen-bond acceptors (Lipinski definition) is 3. The second-order valence-corrected chi connectivity index (χ2v) is 7.30. The third-order valence-electron chi connectivity index (χ3n) is 2.93. The number of benzene rings is 1. The van der Waals surface area contributed by atoms with Crippen LogP contribution in [0.2, 0.25) is 0 Å². The van der Waals surface area contributed by atoms with Crippen molar-refractivity contribution in [2.24, 2.45) is 11.7 Å². The molecule has 0 bridgehead atoms. The van der Waals surface area contributed by atoms with Gasteiger partial charge in [-0.1, -0.05) is 50.6 Å². The Kier molecular flexibility index (Phi) is 5.54. The average Bonchev–Trinajstić information content (AvgIpc) is 2.28. The molecule has 0 aromatic heterocycles. The summed E-state index contributed by atoms with van der Waals surface area (Å²) in [6, 6.07) is 8.42. The van der Waals surface area contributed by atoms with Gasteiger partial charge in [0.2, 0.25) is 5.91 Å². The van der Waals surface area contributed by atoms with Gasteiger partial charge in [0.25, 0.3) is 0 Å². The lowest BCUT2D eigenvalue weighted by Crippen LogP contribution is -2.30. The molecule has 2 N–H and O–H groups in total. The average molecular weight is 283 g/mol. The highest BCUT2D eigenvalue weighted by molar-refractivity contribution is 7.92. The fourth-order valence-electron chi connectivity index (χ4n) is 1.99. The summed E-state index contributed by atoms with van der Waals surface area (Å²) in [6.45, 7) is 4.07. The molecule has 5 heteroatoms.